The summed E-state index contributed by atoms with van der Waals surface area (Å²) < 4.78 is 50.5. The van der Waals surface area contributed by atoms with Crippen molar-refractivity contribution in [3.05, 3.63) is 97.9 Å². The highest BCUT2D eigenvalue weighted by Gasteiger charge is 2.33. The number of nitrogens with one attached hydrogen (secondary N) is 1. The van der Waals surface area contributed by atoms with E-state index in [0.29, 0.717) is 16.3 Å². The van der Waals surface area contributed by atoms with Crippen LogP contribution in [0.3, 0.4) is 0 Å². The number of esters is 1. The van der Waals surface area contributed by atoms with Crippen molar-refractivity contribution in [1.82, 2.24) is 24.3 Å². The quantitative estimate of drug-likeness (QED) is 0.271. The number of ether oxygens (including phenoxy) is 2. The number of rotatable bonds is 9. The van der Waals surface area contributed by atoms with Gasteiger partial charge in [-0.05, 0) is 61.9 Å². The molecule has 42 heavy (non-hydrogen) atoms. The molecular formula is C27H24ClF3N6O5. The second-order valence-corrected chi connectivity index (χ2v) is 10.1. The Morgan fingerprint density at radius 1 is 0.952 bits per heavy atom. The SMILES string of the molecule is COC(=O)C(C)(C)Cn1c(=O)nc(Nc2ccc(Oc3ccc(C(F)(F)F)nn3)cc2)n(Cc2ccc(Cl)cc2)c1=O. The zero-order chi connectivity index (χ0) is 30.7. The molecule has 2 aromatic heterocycles. The highest BCUT2D eigenvalue weighted by atomic mass is 35.5. The van der Waals surface area contributed by atoms with Crippen LogP contribution < -0.4 is 21.4 Å². The van der Waals surface area contributed by atoms with Gasteiger partial charge in [-0.1, -0.05) is 23.7 Å². The van der Waals surface area contributed by atoms with Gasteiger partial charge in [-0.15, -0.1) is 10.2 Å². The molecule has 2 heterocycles. The van der Waals surface area contributed by atoms with Gasteiger partial charge in [-0.2, -0.15) is 18.2 Å². The van der Waals surface area contributed by atoms with Crippen molar-refractivity contribution in [1.29, 1.82) is 0 Å². The van der Waals surface area contributed by atoms with E-state index in [0.717, 1.165) is 16.7 Å². The Balaban J connectivity index is 1.63. The summed E-state index contributed by atoms with van der Waals surface area (Å²) in [6.07, 6.45) is -4.63. The van der Waals surface area contributed by atoms with Crippen LogP contribution in [0.2, 0.25) is 5.02 Å². The number of alkyl halides is 3. The monoisotopic (exact) mass is 604 g/mol. The van der Waals surface area contributed by atoms with E-state index in [4.69, 9.17) is 21.1 Å². The third-order valence-corrected chi connectivity index (χ3v) is 6.21. The molecule has 0 unspecified atom stereocenters. The smallest absolute Gasteiger partial charge is 0.435 e. The molecule has 0 bridgehead atoms. The van der Waals surface area contributed by atoms with Crippen LogP contribution in [0.5, 0.6) is 11.6 Å². The fourth-order valence-electron chi connectivity index (χ4n) is 3.79. The number of aromatic nitrogens is 5. The van der Waals surface area contributed by atoms with Gasteiger partial charge in [0.15, 0.2) is 5.69 Å². The van der Waals surface area contributed by atoms with Crippen LogP contribution in [0, 0.1) is 5.41 Å². The summed E-state index contributed by atoms with van der Waals surface area (Å²) in [7, 11) is 1.21. The van der Waals surface area contributed by atoms with Crippen LogP contribution in [-0.4, -0.2) is 37.4 Å². The van der Waals surface area contributed by atoms with Gasteiger partial charge in [0.1, 0.15) is 5.75 Å². The normalized spacial score (nSPS) is 11.7. The molecule has 0 aliphatic carbocycles. The topological polar surface area (TPSA) is 130 Å². The predicted molar refractivity (Wildman–Crippen MR) is 146 cm³/mol. The highest BCUT2D eigenvalue weighted by Crippen LogP contribution is 2.29. The van der Waals surface area contributed by atoms with E-state index < -0.39 is 34.6 Å². The first kappa shape index (κ1) is 30.2. The Labute approximate surface area is 241 Å². The summed E-state index contributed by atoms with van der Waals surface area (Å²) in [6, 6.07) is 14.6. The summed E-state index contributed by atoms with van der Waals surface area (Å²) in [5, 5.41) is 9.97. The average Bonchev–Trinajstić information content (AvgIpc) is 2.94. The molecule has 0 saturated carbocycles. The van der Waals surface area contributed by atoms with Crippen molar-refractivity contribution >= 4 is 29.2 Å². The maximum absolute atomic E-state index is 13.6. The second kappa shape index (κ2) is 12.0. The lowest BCUT2D eigenvalue weighted by Crippen LogP contribution is -2.46. The molecule has 15 heteroatoms. The third kappa shape index (κ3) is 7.13. The van der Waals surface area contributed by atoms with Crippen molar-refractivity contribution in [3.63, 3.8) is 0 Å². The first-order chi connectivity index (χ1) is 19.8. The van der Waals surface area contributed by atoms with E-state index in [1.165, 1.54) is 35.9 Å². The van der Waals surface area contributed by atoms with Gasteiger partial charge >= 0.3 is 23.5 Å². The molecule has 4 aromatic rings. The Morgan fingerprint density at radius 2 is 1.62 bits per heavy atom. The molecule has 0 saturated heterocycles. The minimum Gasteiger partial charge on any atom is -0.469 e. The van der Waals surface area contributed by atoms with Gasteiger partial charge in [0.2, 0.25) is 11.8 Å². The number of hydrogen-bond donors (Lipinski definition) is 1. The van der Waals surface area contributed by atoms with Gasteiger partial charge in [0.05, 0.1) is 19.1 Å². The van der Waals surface area contributed by atoms with Gasteiger partial charge < -0.3 is 14.8 Å². The predicted octanol–water partition coefficient (Wildman–Crippen LogP) is 4.65. The first-order valence-corrected chi connectivity index (χ1v) is 12.6. The summed E-state index contributed by atoms with van der Waals surface area (Å²) in [5.74, 6) is -0.596. The van der Waals surface area contributed by atoms with Crippen LogP contribution in [0.4, 0.5) is 24.8 Å². The Hall–Kier alpha value is -4.72. The van der Waals surface area contributed by atoms with Crippen LogP contribution in [-0.2, 0) is 28.8 Å². The highest BCUT2D eigenvalue weighted by molar-refractivity contribution is 6.30. The Kier molecular flexibility index (Phi) is 8.66. The van der Waals surface area contributed by atoms with E-state index in [2.05, 4.69) is 20.5 Å². The van der Waals surface area contributed by atoms with E-state index in [1.54, 1.807) is 38.1 Å². The molecule has 0 amide bonds. The maximum Gasteiger partial charge on any atom is 0.435 e. The first-order valence-electron chi connectivity index (χ1n) is 12.3. The molecule has 11 nitrogen and oxygen atoms in total. The lowest BCUT2D eigenvalue weighted by atomic mass is 9.94. The summed E-state index contributed by atoms with van der Waals surface area (Å²) in [6.45, 7) is 2.82. The van der Waals surface area contributed by atoms with E-state index >= 15 is 0 Å². The minimum absolute atomic E-state index is 0.0120. The number of halogens is 4. The third-order valence-electron chi connectivity index (χ3n) is 5.96. The number of carbonyl (C=O) groups is 1. The van der Waals surface area contributed by atoms with Gasteiger partial charge in [0, 0.05) is 23.3 Å². The molecule has 4 rings (SSSR count). The minimum atomic E-state index is -4.63. The molecule has 0 spiro atoms. The lowest BCUT2D eigenvalue weighted by molar-refractivity contribution is -0.151. The van der Waals surface area contributed by atoms with Crippen molar-refractivity contribution in [3.8, 4) is 11.6 Å². The average molecular weight is 605 g/mol. The van der Waals surface area contributed by atoms with E-state index in [-0.39, 0.29) is 30.7 Å². The van der Waals surface area contributed by atoms with Crippen molar-refractivity contribution in [2.24, 2.45) is 5.41 Å². The molecule has 0 radical (unpaired) electrons. The van der Waals surface area contributed by atoms with Crippen LogP contribution in [0.1, 0.15) is 25.1 Å². The number of nitrogens with zero attached hydrogens (tertiary/aromatic N) is 5. The summed E-state index contributed by atoms with van der Waals surface area (Å²) in [4.78, 5) is 42.8. The molecule has 0 aliphatic heterocycles. The second-order valence-electron chi connectivity index (χ2n) is 9.68. The molecular weight excluding hydrogens is 581 g/mol. The number of hydrogen-bond acceptors (Lipinski definition) is 9. The number of methoxy groups -OCH3 is 1. The van der Waals surface area contributed by atoms with Gasteiger partial charge in [-0.25, -0.2) is 14.2 Å². The largest absolute Gasteiger partial charge is 0.469 e. The van der Waals surface area contributed by atoms with Crippen LogP contribution >= 0.6 is 11.6 Å². The fraction of sp³-hybridized carbons (Fsp3) is 0.259. The molecule has 2 aromatic carbocycles. The Morgan fingerprint density at radius 3 is 2.19 bits per heavy atom. The maximum atomic E-state index is 13.6. The number of benzene rings is 2. The zero-order valence-electron chi connectivity index (χ0n) is 22.5. The van der Waals surface area contributed by atoms with E-state index in [1.807, 2.05) is 0 Å². The molecule has 220 valence electrons. The zero-order valence-corrected chi connectivity index (χ0v) is 23.2. The molecule has 0 aliphatic rings. The number of carbonyl (C=O) groups excluding carboxylic acids is 1. The van der Waals surface area contributed by atoms with Gasteiger partial charge in [-0.3, -0.25) is 9.36 Å². The number of anilines is 2. The lowest BCUT2D eigenvalue weighted by Gasteiger charge is -2.23. The van der Waals surface area contributed by atoms with Crippen molar-refractivity contribution < 1.29 is 27.4 Å². The summed E-state index contributed by atoms with van der Waals surface area (Å²) in [5.41, 5.74) is -2.85. The fourth-order valence-corrected chi connectivity index (χ4v) is 3.92. The summed E-state index contributed by atoms with van der Waals surface area (Å²) >= 11 is 5.99. The van der Waals surface area contributed by atoms with Crippen molar-refractivity contribution in [2.75, 3.05) is 12.4 Å². The molecule has 0 atom stereocenters. The molecule has 0 fully saturated rings. The van der Waals surface area contributed by atoms with Gasteiger partial charge in [0.25, 0.3) is 0 Å². The van der Waals surface area contributed by atoms with E-state index in [9.17, 15) is 27.6 Å². The van der Waals surface area contributed by atoms with Crippen molar-refractivity contribution in [2.45, 2.75) is 33.1 Å². The van der Waals surface area contributed by atoms with Crippen LogP contribution in [0.15, 0.2) is 70.3 Å². The standard InChI is InChI=1S/C27H24ClF3N6O5/c1-26(2,22(38)41-3)15-37-24(39)33-23(36(25(37)40)14-16-4-6-17(28)7-5-16)32-18-8-10-19(11-9-18)42-21-13-12-20(34-35-21)27(29,30)31/h4-13H,14-15H2,1-3H3,(H,32,33,39). The van der Waals surface area contributed by atoms with Crippen LogP contribution in [0.25, 0.3) is 0 Å². The molecule has 1 N–H and O–H groups in total. The Bertz CT molecular complexity index is 1690.